The highest BCUT2D eigenvalue weighted by Crippen LogP contribution is 2.40. The van der Waals surface area contributed by atoms with E-state index in [1.807, 2.05) is 36.4 Å². The van der Waals surface area contributed by atoms with E-state index in [2.05, 4.69) is 6.07 Å². The van der Waals surface area contributed by atoms with Crippen LogP contribution in [0.3, 0.4) is 0 Å². The Morgan fingerprint density at radius 2 is 1.78 bits per heavy atom. The molecular weight excluding hydrogens is 228 g/mol. The SMILES string of the molecule is c1ccc2c(c1)CC(c1ccc3c(c1)OCO3)O2. The van der Waals surface area contributed by atoms with E-state index < -0.39 is 0 Å². The molecule has 2 aromatic rings. The van der Waals surface area contributed by atoms with Crippen LogP contribution in [0.25, 0.3) is 0 Å². The number of para-hydroxylation sites is 1. The van der Waals surface area contributed by atoms with Gasteiger partial charge in [0.05, 0.1) is 0 Å². The topological polar surface area (TPSA) is 27.7 Å². The molecule has 0 N–H and O–H groups in total. The Labute approximate surface area is 105 Å². The summed E-state index contributed by atoms with van der Waals surface area (Å²) in [5.41, 5.74) is 2.40. The summed E-state index contributed by atoms with van der Waals surface area (Å²) in [5, 5.41) is 0. The maximum atomic E-state index is 5.96. The predicted octanol–water partition coefficient (Wildman–Crippen LogP) is 3.09. The fraction of sp³-hybridized carbons (Fsp3) is 0.200. The normalized spacial score (nSPS) is 19.4. The zero-order valence-corrected chi connectivity index (χ0v) is 9.76. The second kappa shape index (κ2) is 3.67. The Hall–Kier alpha value is -2.16. The molecule has 2 aliphatic heterocycles. The zero-order valence-electron chi connectivity index (χ0n) is 9.76. The highest BCUT2D eigenvalue weighted by Gasteiger charge is 2.25. The van der Waals surface area contributed by atoms with Gasteiger partial charge in [-0.15, -0.1) is 0 Å². The van der Waals surface area contributed by atoms with Crippen molar-refractivity contribution in [2.45, 2.75) is 12.5 Å². The fourth-order valence-corrected chi connectivity index (χ4v) is 2.48. The second-order valence-electron chi connectivity index (χ2n) is 4.53. The van der Waals surface area contributed by atoms with E-state index in [1.165, 1.54) is 5.56 Å². The first-order valence-corrected chi connectivity index (χ1v) is 6.04. The molecule has 4 rings (SSSR count). The van der Waals surface area contributed by atoms with Crippen molar-refractivity contribution in [3.05, 3.63) is 53.6 Å². The van der Waals surface area contributed by atoms with Gasteiger partial charge in [-0.05, 0) is 29.3 Å². The standard InChI is InChI=1S/C15H12O3/c1-2-4-12-10(3-1)7-14(18-12)11-5-6-13-15(8-11)17-9-16-13/h1-6,8,14H,7,9H2. The van der Waals surface area contributed by atoms with Crippen LogP contribution in [-0.2, 0) is 6.42 Å². The molecule has 0 saturated heterocycles. The van der Waals surface area contributed by atoms with Crippen LogP contribution in [0.1, 0.15) is 17.2 Å². The van der Waals surface area contributed by atoms with E-state index in [0.717, 1.165) is 29.2 Å². The molecule has 0 amide bonds. The van der Waals surface area contributed by atoms with Gasteiger partial charge in [0.15, 0.2) is 11.5 Å². The molecule has 0 aromatic heterocycles. The minimum atomic E-state index is 0.0805. The molecule has 0 bridgehead atoms. The summed E-state index contributed by atoms with van der Waals surface area (Å²) in [6, 6.07) is 14.2. The monoisotopic (exact) mass is 240 g/mol. The van der Waals surface area contributed by atoms with Crippen molar-refractivity contribution < 1.29 is 14.2 Å². The lowest BCUT2D eigenvalue weighted by Gasteiger charge is -2.11. The van der Waals surface area contributed by atoms with Crippen molar-refractivity contribution in [1.82, 2.24) is 0 Å². The van der Waals surface area contributed by atoms with Crippen LogP contribution in [0.15, 0.2) is 42.5 Å². The van der Waals surface area contributed by atoms with Crippen LogP contribution in [0, 0.1) is 0 Å². The van der Waals surface area contributed by atoms with Crippen LogP contribution in [0.5, 0.6) is 17.2 Å². The molecule has 0 aliphatic carbocycles. The highest BCUT2D eigenvalue weighted by atomic mass is 16.7. The van der Waals surface area contributed by atoms with Crippen molar-refractivity contribution in [1.29, 1.82) is 0 Å². The van der Waals surface area contributed by atoms with Crippen molar-refractivity contribution in [2.75, 3.05) is 6.79 Å². The number of hydrogen-bond acceptors (Lipinski definition) is 3. The fourth-order valence-electron chi connectivity index (χ4n) is 2.48. The third-order valence-electron chi connectivity index (χ3n) is 3.42. The lowest BCUT2D eigenvalue weighted by atomic mass is 10.0. The molecule has 0 saturated carbocycles. The van der Waals surface area contributed by atoms with Gasteiger partial charge in [0.25, 0.3) is 0 Å². The first-order chi connectivity index (χ1) is 8.90. The molecule has 3 heteroatoms. The summed E-state index contributed by atoms with van der Waals surface area (Å²) in [6.07, 6.45) is 0.993. The molecule has 2 aromatic carbocycles. The maximum Gasteiger partial charge on any atom is 0.231 e. The Balaban J connectivity index is 1.66. The Morgan fingerprint density at radius 1 is 0.889 bits per heavy atom. The van der Waals surface area contributed by atoms with Crippen molar-refractivity contribution >= 4 is 0 Å². The van der Waals surface area contributed by atoms with Gasteiger partial charge in [-0.25, -0.2) is 0 Å². The van der Waals surface area contributed by atoms with Crippen LogP contribution in [-0.4, -0.2) is 6.79 Å². The third kappa shape index (κ3) is 1.44. The van der Waals surface area contributed by atoms with Crippen LogP contribution >= 0.6 is 0 Å². The second-order valence-corrected chi connectivity index (χ2v) is 4.53. The van der Waals surface area contributed by atoms with Gasteiger partial charge in [0, 0.05) is 6.42 Å². The molecule has 0 spiro atoms. The first kappa shape index (κ1) is 9.83. The number of hydrogen-bond donors (Lipinski definition) is 0. The molecule has 90 valence electrons. The van der Waals surface area contributed by atoms with Gasteiger partial charge in [-0.1, -0.05) is 24.3 Å². The lowest BCUT2D eigenvalue weighted by molar-refractivity contribution is 0.173. The van der Waals surface area contributed by atoms with Gasteiger partial charge >= 0.3 is 0 Å². The zero-order chi connectivity index (χ0) is 11.9. The van der Waals surface area contributed by atoms with E-state index >= 15 is 0 Å². The molecule has 18 heavy (non-hydrogen) atoms. The average Bonchev–Trinajstić information content (AvgIpc) is 3.04. The Bertz CT molecular complexity index is 581. The number of rotatable bonds is 1. The van der Waals surface area contributed by atoms with Crippen LogP contribution in [0.2, 0.25) is 0 Å². The lowest BCUT2D eigenvalue weighted by Crippen LogP contribution is -2.02. The number of ether oxygens (including phenoxy) is 3. The Kier molecular flexibility index (Phi) is 2.00. The van der Waals surface area contributed by atoms with Crippen LogP contribution in [0.4, 0.5) is 0 Å². The molecule has 1 atom stereocenters. The molecule has 1 unspecified atom stereocenters. The number of fused-ring (bicyclic) bond motifs is 2. The van der Waals surface area contributed by atoms with Crippen molar-refractivity contribution in [3.63, 3.8) is 0 Å². The predicted molar refractivity (Wildman–Crippen MR) is 66.1 cm³/mol. The van der Waals surface area contributed by atoms with E-state index in [0.29, 0.717) is 6.79 Å². The van der Waals surface area contributed by atoms with E-state index in [1.54, 1.807) is 0 Å². The first-order valence-electron chi connectivity index (χ1n) is 6.04. The molecule has 0 fully saturated rings. The maximum absolute atomic E-state index is 5.96. The van der Waals surface area contributed by atoms with Gasteiger partial charge in [-0.3, -0.25) is 0 Å². The van der Waals surface area contributed by atoms with Crippen LogP contribution < -0.4 is 14.2 Å². The largest absolute Gasteiger partial charge is 0.485 e. The average molecular weight is 240 g/mol. The van der Waals surface area contributed by atoms with Gasteiger partial charge in [0.2, 0.25) is 6.79 Å². The molecule has 2 heterocycles. The summed E-state index contributed by atoms with van der Waals surface area (Å²) in [7, 11) is 0. The van der Waals surface area contributed by atoms with E-state index in [9.17, 15) is 0 Å². The minimum absolute atomic E-state index is 0.0805. The van der Waals surface area contributed by atoms with Crippen molar-refractivity contribution in [2.24, 2.45) is 0 Å². The van der Waals surface area contributed by atoms with Gasteiger partial charge in [-0.2, -0.15) is 0 Å². The third-order valence-corrected chi connectivity index (χ3v) is 3.42. The molecule has 0 radical (unpaired) electrons. The van der Waals surface area contributed by atoms with Crippen molar-refractivity contribution in [3.8, 4) is 17.2 Å². The molecular formula is C15H12O3. The molecule has 3 nitrogen and oxygen atoms in total. The Morgan fingerprint density at radius 3 is 2.72 bits per heavy atom. The van der Waals surface area contributed by atoms with E-state index in [-0.39, 0.29) is 6.10 Å². The summed E-state index contributed by atoms with van der Waals surface area (Å²) < 4.78 is 16.7. The number of benzene rings is 2. The summed E-state index contributed by atoms with van der Waals surface area (Å²) in [5.74, 6) is 2.61. The summed E-state index contributed by atoms with van der Waals surface area (Å²) in [4.78, 5) is 0. The van der Waals surface area contributed by atoms with Gasteiger partial charge in [0.1, 0.15) is 11.9 Å². The van der Waals surface area contributed by atoms with Gasteiger partial charge < -0.3 is 14.2 Å². The summed E-state index contributed by atoms with van der Waals surface area (Å²) >= 11 is 0. The van der Waals surface area contributed by atoms with E-state index in [4.69, 9.17) is 14.2 Å². The quantitative estimate of drug-likeness (QED) is 0.766. The highest BCUT2D eigenvalue weighted by molar-refractivity contribution is 5.47. The molecule has 2 aliphatic rings. The minimum Gasteiger partial charge on any atom is -0.485 e. The smallest absolute Gasteiger partial charge is 0.231 e. The summed E-state index contributed by atoms with van der Waals surface area (Å²) in [6.45, 7) is 0.310.